The quantitative estimate of drug-likeness (QED) is 0.550. The zero-order valence-corrected chi connectivity index (χ0v) is 12.5. The Balaban J connectivity index is 2.10. The number of aromatic amines is 1. The summed E-state index contributed by atoms with van der Waals surface area (Å²) in [5.41, 5.74) is 9.79. The molecule has 0 aliphatic heterocycles. The van der Waals surface area contributed by atoms with Crippen LogP contribution in [0.25, 0.3) is 10.9 Å². The van der Waals surface area contributed by atoms with E-state index in [9.17, 15) is 4.79 Å². The van der Waals surface area contributed by atoms with Crippen molar-refractivity contribution in [3.8, 4) is 0 Å². The van der Waals surface area contributed by atoms with Crippen molar-refractivity contribution in [2.75, 3.05) is 5.73 Å². The largest absolute Gasteiger partial charge is 0.398 e. The minimum Gasteiger partial charge on any atom is -0.398 e. The number of rotatable bonds is 2. The predicted octanol–water partition coefficient (Wildman–Crippen LogP) is 4.05. The summed E-state index contributed by atoms with van der Waals surface area (Å²) in [6.07, 6.45) is 1.75. The molecule has 0 unspecified atom stereocenters. The first kappa shape index (κ1) is 12.9. The number of hydrogen-bond donors (Lipinski definition) is 2. The first-order valence-corrected chi connectivity index (χ1v) is 7.03. The second-order valence-corrected chi connectivity index (χ2v) is 5.67. The minimum absolute atomic E-state index is 0.0284. The van der Waals surface area contributed by atoms with E-state index in [1.807, 2.05) is 25.1 Å². The molecule has 1 aromatic heterocycles. The topological polar surface area (TPSA) is 58.9 Å². The Morgan fingerprint density at radius 2 is 2.00 bits per heavy atom. The zero-order valence-electron chi connectivity index (χ0n) is 10.9. The molecule has 3 N–H and O–H groups in total. The van der Waals surface area contributed by atoms with Crippen LogP contribution in [0.5, 0.6) is 0 Å². The molecule has 20 heavy (non-hydrogen) atoms. The van der Waals surface area contributed by atoms with Crippen LogP contribution in [0, 0.1) is 6.92 Å². The summed E-state index contributed by atoms with van der Waals surface area (Å²) in [6.45, 7) is 2.02. The fraction of sp³-hybridized carbons (Fsp3) is 0.0625. The van der Waals surface area contributed by atoms with Crippen molar-refractivity contribution < 1.29 is 4.79 Å². The van der Waals surface area contributed by atoms with Crippen LogP contribution in [0.3, 0.4) is 0 Å². The number of aryl methyl sites for hydroxylation is 1. The first-order chi connectivity index (χ1) is 9.56. The summed E-state index contributed by atoms with van der Waals surface area (Å²) in [5, 5.41) is 0.932. The van der Waals surface area contributed by atoms with Crippen molar-refractivity contribution >= 4 is 38.3 Å². The van der Waals surface area contributed by atoms with Gasteiger partial charge in [0, 0.05) is 38.4 Å². The lowest BCUT2D eigenvalue weighted by Crippen LogP contribution is -2.01. The van der Waals surface area contributed by atoms with Crippen molar-refractivity contribution in [1.29, 1.82) is 0 Å². The molecule has 3 rings (SSSR count). The summed E-state index contributed by atoms with van der Waals surface area (Å²) < 4.78 is 0.795. The van der Waals surface area contributed by atoms with Crippen molar-refractivity contribution in [2.45, 2.75) is 6.92 Å². The number of aromatic nitrogens is 1. The van der Waals surface area contributed by atoms with Gasteiger partial charge >= 0.3 is 0 Å². The molecule has 0 atom stereocenters. The molecule has 3 aromatic rings. The Labute approximate surface area is 124 Å². The van der Waals surface area contributed by atoms with Gasteiger partial charge in [-0.05, 0) is 52.7 Å². The van der Waals surface area contributed by atoms with Crippen LogP contribution in [0.4, 0.5) is 5.69 Å². The van der Waals surface area contributed by atoms with E-state index in [1.165, 1.54) is 0 Å². The van der Waals surface area contributed by atoms with E-state index in [0.29, 0.717) is 16.8 Å². The van der Waals surface area contributed by atoms with Crippen LogP contribution in [-0.4, -0.2) is 10.8 Å². The van der Waals surface area contributed by atoms with Crippen LogP contribution >= 0.6 is 15.9 Å². The molecule has 0 bridgehead atoms. The molecule has 0 saturated carbocycles. The lowest BCUT2D eigenvalue weighted by Gasteiger charge is -2.03. The van der Waals surface area contributed by atoms with E-state index in [1.54, 1.807) is 24.4 Å². The van der Waals surface area contributed by atoms with Crippen LogP contribution in [-0.2, 0) is 0 Å². The maximum Gasteiger partial charge on any atom is 0.195 e. The van der Waals surface area contributed by atoms with E-state index in [0.717, 1.165) is 20.9 Å². The Kier molecular flexibility index (Phi) is 3.10. The lowest BCUT2D eigenvalue weighted by atomic mass is 10.0. The van der Waals surface area contributed by atoms with E-state index in [2.05, 4.69) is 20.9 Å². The summed E-state index contributed by atoms with van der Waals surface area (Å²) in [4.78, 5) is 15.7. The van der Waals surface area contributed by atoms with Gasteiger partial charge in [0.15, 0.2) is 5.78 Å². The predicted molar refractivity (Wildman–Crippen MR) is 85.0 cm³/mol. The number of nitrogen functional groups attached to an aromatic ring is 1. The number of fused-ring (bicyclic) bond motifs is 1. The Hall–Kier alpha value is -2.07. The minimum atomic E-state index is -0.0284. The Morgan fingerprint density at radius 3 is 2.75 bits per heavy atom. The van der Waals surface area contributed by atoms with Crippen molar-refractivity contribution in [3.63, 3.8) is 0 Å². The van der Waals surface area contributed by atoms with Gasteiger partial charge in [0.2, 0.25) is 0 Å². The van der Waals surface area contributed by atoms with Crippen molar-refractivity contribution in [1.82, 2.24) is 4.98 Å². The molecule has 100 valence electrons. The van der Waals surface area contributed by atoms with Crippen LogP contribution < -0.4 is 5.73 Å². The van der Waals surface area contributed by atoms with Gasteiger partial charge in [-0.3, -0.25) is 4.79 Å². The Morgan fingerprint density at radius 1 is 1.20 bits per heavy atom. The highest BCUT2D eigenvalue weighted by Crippen LogP contribution is 2.25. The lowest BCUT2D eigenvalue weighted by molar-refractivity contribution is 0.104. The normalized spacial score (nSPS) is 10.9. The maximum absolute atomic E-state index is 12.6. The molecule has 2 aromatic carbocycles. The van der Waals surface area contributed by atoms with Gasteiger partial charge in [0.1, 0.15) is 0 Å². The van der Waals surface area contributed by atoms with Gasteiger partial charge in [-0.15, -0.1) is 0 Å². The molecular formula is C16H13BrN2O. The average molecular weight is 329 g/mol. The van der Waals surface area contributed by atoms with E-state index in [-0.39, 0.29) is 5.78 Å². The first-order valence-electron chi connectivity index (χ1n) is 6.24. The highest BCUT2D eigenvalue weighted by Gasteiger charge is 2.15. The summed E-state index contributed by atoms with van der Waals surface area (Å²) in [7, 11) is 0. The van der Waals surface area contributed by atoms with E-state index < -0.39 is 0 Å². The van der Waals surface area contributed by atoms with Crippen LogP contribution in [0.2, 0.25) is 0 Å². The van der Waals surface area contributed by atoms with E-state index in [4.69, 9.17) is 5.73 Å². The molecule has 0 amide bonds. The number of anilines is 1. The third-order valence-electron chi connectivity index (χ3n) is 3.34. The third-order valence-corrected chi connectivity index (χ3v) is 4.06. The smallest absolute Gasteiger partial charge is 0.195 e. The van der Waals surface area contributed by atoms with Crippen molar-refractivity contribution in [2.24, 2.45) is 0 Å². The fourth-order valence-corrected chi connectivity index (χ4v) is 2.52. The van der Waals surface area contributed by atoms with Crippen molar-refractivity contribution in [3.05, 3.63) is 63.8 Å². The molecule has 3 nitrogen and oxygen atoms in total. The molecule has 0 spiro atoms. The molecule has 4 heteroatoms. The number of carbonyl (C=O) groups is 1. The standard InChI is InChI=1S/C16H13BrN2O/c1-9-2-4-11-12(8-19-15(11)6-9)16(20)10-3-5-13(17)14(18)7-10/h2-8,19H,18H2,1H3. The van der Waals surface area contributed by atoms with Gasteiger partial charge in [0.05, 0.1) is 0 Å². The number of carbonyl (C=O) groups excluding carboxylic acids is 1. The van der Waals surface area contributed by atoms with Gasteiger partial charge < -0.3 is 10.7 Å². The number of halogens is 1. The molecule has 1 heterocycles. The van der Waals surface area contributed by atoms with Gasteiger partial charge in [0.25, 0.3) is 0 Å². The van der Waals surface area contributed by atoms with E-state index >= 15 is 0 Å². The number of nitrogens with two attached hydrogens (primary N) is 1. The van der Waals surface area contributed by atoms with Gasteiger partial charge in [-0.2, -0.15) is 0 Å². The second-order valence-electron chi connectivity index (χ2n) is 4.82. The zero-order chi connectivity index (χ0) is 14.3. The van der Waals surface area contributed by atoms with Crippen LogP contribution in [0.15, 0.2) is 47.1 Å². The fourth-order valence-electron chi connectivity index (χ4n) is 2.27. The molecule has 0 saturated heterocycles. The summed E-state index contributed by atoms with van der Waals surface area (Å²) >= 11 is 3.33. The molecule has 0 radical (unpaired) electrons. The monoisotopic (exact) mass is 328 g/mol. The third kappa shape index (κ3) is 2.12. The average Bonchev–Trinajstić information content (AvgIpc) is 2.84. The summed E-state index contributed by atoms with van der Waals surface area (Å²) in [5.74, 6) is -0.0284. The highest BCUT2D eigenvalue weighted by atomic mass is 79.9. The summed E-state index contributed by atoms with van der Waals surface area (Å²) in [6, 6.07) is 11.3. The molecule has 0 fully saturated rings. The molecule has 0 aliphatic rings. The van der Waals surface area contributed by atoms with Crippen LogP contribution in [0.1, 0.15) is 21.5 Å². The number of benzene rings is 2. The second kappa shape index (κ2) is 4.80. The molecular weight excluding hydrogens is 316 g/mol. The highest BCUT2D eigenvalue weighted by molar-refractivity contribution is 9.10. The number of ketones is 1. The molecule has 0 aliphatic carbocycles. The SMILES string of the molecule is Cc1ccc2c(C(=O)c3ccc(Br)c(N)c3)c[nH]c2c1. The number of hydrogen-bond acceptors (Lipinski definition) is 2. The van der Waals surface area contributed by atoms with Gasteiger partial charge in [-0.1, -0.05) is 12.1 Å². The number of nitrogens with one attached hydrogen (secondary N) is 1. The Bertz CT molecular complexity index is 820. The maximum atomic E-state index is 12.6. The number of H-pyrrole nitrogens is 1. The van der Waals surface area contributed by atoms with Gasteiger partial charge in [-0.25, -0.2) is 0 Å².